The molecule has 6 nitrogen and oxygen atoms in total. The molecular weight excluding hydrogens is 959 g/mol. The summed E-state index contributed by atoms with van der Waals surface area (Å²) in [7, 11) is 0. The molecule has 0 rings (SSSR count). The Labute approximate surface area is 488 Å². The van der Waals surface area contributed by atoms with Gasteiger partial charge >= 0.3 is 5.97 Å². The molecule has 2 atom stereocenters. The van der Waals surface area contributed by atoms with Gasteiger partial charge in [0.15, 0.2) is 0 Å². The molecule has 0 aliphatic carbocycles. The summed E-state index contributed by atoms with van der Waals surface area (Å²) >= 11 is 0. The van der Waals surface area contributed by atoms with Gasteiger partial charge in [0.05, 0.1) is 25.4 Å². The molecule has 0 saturated carbocycles. The van der Waals surface area contributed by atoms with Crippen molar-refractivity contribution in [1.29, 1.82) is 0 Å². The summed E-state index contributed by atoms with van der Waals surface area (Å²) in [6.45, 7) is 4.98. The highest BCUT2D eigenvalue weighted by Gasteiger charge is 2.20. The molecule has 0 bridgehead atoms. The van der Waals surface area contributed by atoms with Gasteiger partial charge in [-0.25, -0.2) is 0 Å². The predicted octanol–water partition coefficient (Wildman–Crippen LogP) is 22.9. The van der Waals surface area contributed by atoms with Gasteiger partial charge in [0.1, 0.15) is 0 Å². The van der Waals surface area contributed by atoms with Gasteiger partial charge in [0, 0.05) is 12.8 Å². The fraction of sp³-hybridized carbons (Fsp3) is 0.917. The molecule has 462 valence electrons. The average Bonchev–Trinajstić information content (AvgIpc) is 3.44. The van der Waals surface area contributed by atoms with E-state index < -0.39 is 12.1 Å². The predicted molar refractivity (Wildman–Crippen MR) is 343 cm³/mol. The Kier molecular flexibility index (Phi) is 66.4. The number of unbranched alkanes of at least 4 members (excludes halogenated alkanes) is 52. The van der Waals surface area contributed by atoms with Gasteiger partial charge in [-0.05, 0) is 77.0 Å². The number of hydrogen-bond acceptors (Lipinski definition) is 5. The van der Waals surface area contributed by atoms with E-state index in [1.165, 1.54) is 321 Å². The number of carbonyl (C=O) groups excluding carboxylic acids is 2. The van der Waals surface area contributed by atoms with Crippen LogP contribution in [0.3, 0.4) is 0 Å². The Morgan fingerprint density at radius 1 is 0.346 bits per heavy atom. The van der Waals surface area contributed by atoms with Gasteiger partial charge in [0.2, 0.25) is 5.91 Å². The fourth-order valence-electron chi connectivity index (χ4n) is 11.3. The number of nitrogens with one attached hydrogen (secondary N) is 1. The lowest BCUT2D eigenvalue weighted by atomic mass is 10.0. The summed E-state index contributed by atoms with van der Waals surface area (Å²) in [5.41, 5.74) is 0. The number of amides is 1. The van der Waals surface area contributed by atoms with Crippen LogP contribution in [0, 0.1) is 0 Å². The van der Waals surface area contributed by atoms with Crippen molar-refractivity contribution in [3.63, 3.8) is 0 Å². The first-order valence-corrected chi connectivity index (χ1v) is 35.6. The zero-order chi connectivity index (χ0) is 56.4. The monoisotopic (exact) mass is 1100 g/mol. The molecule has 3 N–H and O–H groups in total. The lowest BCUT2D eigenvalue weighted by molar-refractivity contribution is -0.143. The quantitative estimate of drug-likeness (QED) is 0.0320. The molecule has 6 heteroatoms. The average molecular weight is 1100 g/mol. The minimum atomic E-state index is -0.664. The van der Waals surface area contributed by atoms with Crippen LogP contribution in [0.4, 0.5) is 0 Å². The van der Waals surface area contributed by atoms with Crippen molar-refractivity contribution < 1.29 is 24.5 Å². The van der Waals surface area contributed by atoms with Crippen molar-refractivity contribution in [3.8, 4) is 0 Å². The largest absolute Gasteiger partial charge is 0.466 e. The number of allylic oxidation sites excluding steroid dienone is 4. The molecule has 0 aliphatic heterocycles. The lowest BCUT2D eigenvalue weighted by Gasteiger charge is -2.22. The zero-order valence-electron chi connectivity index (χ0n) is 52.9. The third kappa shape index (κ3) is 63.5. The summed E-state index contributed by atoms with van der Waals surface area (Å²) in [4.78, 5) is 24.6. The fourth-order valence-corrected chi connectivity index (χ4v) is 11.3. The zero-order valence-corrected chi connectivity index (χ0v) is 52.9. The van der Waals surface area contributed by atoms with Gasteiger partial charge in [-0.1, -0.05) is 334 Å². The smallest absolute Gasteiger partial charge is 0.305 e. The molecule has 0 aromatic heterocycles. The first kappa shape index (κ1) is 76.3. The number of hydrogen-bond donors (Lipinski definition) is 3. The van der Waals surface area contributed by atoms with Crippen LogP contribution in [0.2, 0.25) is 0 Å². The lowest BCUT2D eigenvalue weighted by Crippen LogP contribution is -2.45. The number of esters is 1. The second-order valence-electron chi connectivity index (χ2n) is 24.6. The maximum Gasteiger partial charge on any atom is 0.305 e. The van der Waals surface area contributed by atoms with Crippen LogP contribution in [-0.2, 0) is 14.3 Å². The molecule has 0 aromatic rings. The second-order valence-corrected chi connectivity index (χ2v) is 24.6. The number of rotatable bonds is 67. The van der Waals surface area contributed by atoms with Crippen molar-refractivity contribution in [2.75, 3.05) is 13.2 Å². The van der Waals surface area contributed by atoms with E-state index in [9.17, 15) is 19.8 Å². The normalized spacial score (nSPS) is 12.6. The molecule has 1 amide bonds. The molecule has 0 spiro atoms. The molecule has 0 aliphatic rings. The van der Waals surface area contributed by atoms with Crippen LogP contribution >= 0.6 is 0 Å². The molecule has 0 saturated heterocycles. The van der Waals surface area contributed by atoms with E-state index in [1.54, 1.807) is 0 Å². The van der Waals surface area contributed by atoms with Crippen molar-refractivity contribution in [2.45, 2.75) is 411 Å². The van der Waals surface area contributed by atoms with Crippen LogP contribution < -0.4 is 5.32 Å². The third-order valence-corrected chi connectivity index (χ3v) is 16.7. The molecule has 0 aromatic carbocycles. The molecule has 0 fully saturated rings. The third-order valence-electron chi connectivity index (χ3n) is 16.7. The van der Waals surface area contributed by atoms with Crippen LogP contribution in [0.25, 0.3) is 0 Å². The summed E-state index contributed by atoms with van der Waals surface area (Å²) in [5, 5.41) is 23.4. The minimum Gasteiger partial charge on any atom is -0.466 e. The van der Waals surface area contributed by atoms with Crippen LogP contribution in [-0.4, -0.2) is 47.4 Å². The van der Waals surface area contributed by atoms with E-state index in [0.717, 1.165) is 44.9 Å². The van der Waals surface area contributed by atoms with Crippen molar-refractivity contribution in [3.05, 3.63) is 24.3 Å². The minimum absolute atomic E-state index is 0.00920. The van der Waals surface area contributed by atoms with Crippen molar-refractivity contribution in [1.82, 2.24) is 5.32 Å². The van der Waals surface area contributed by atoms with Gasteiger partial charge < -0.3 is 20.3 Å². The Bertz CT molecular complexity index is 1220. The standard InChI is InChI=1S/C72H139NO5/c1-3-5-7-9-11-13-15-17-19-33-36-40-44-48-52-56-60-64-70(75)69(68-74)73-71(76)65-61-57-53-49-45-41-37-34-31-29-27-25-23-21-22-24-26-28-30-32-35-39-43-47-51-55-59-63-67-78-72(77)66-62-58-54-50-46-42-38-20-18-16-14-12-10-8-6-4-2/h20-22,38,69-70,74-75H,3-19,23-37,39-68H2,1-2H3,(H,73,76)/b22-21-,38-20-. The number of aliphatic hydroxyl groups excluding tert-OH is 2. The number of carbonyl (C=O) groups is 2. The highest BCUT2D eigenvalue weighted by molar-refractivity contribution is 5.76. The molecule has 0 heterocycles. The Morgan fingerprint density at radius 3 is 0.910 bits per heavy atom. The highest BCUT2D eigenvalue weighted by Crippen LogP contribution is 2.19. The van der Waals surface area contributed by atoms with E-state index >= 15 is 0 Å². The molecule has 2 unspecified atom stereocenters. The molecule has 78 heavy (non-hydrogen) atoms. The summed E-state index contributed by atoms with van der Waals surface area (Å²) in [5.74, 6) is -0.0223. The van der Waals surface area contributed by atoms with Gasteiger partial charge in [0.25, 0.3) is 0 Å². The Balaban J connectivity index is 3.37. The SMILES string of the molecule is CCCCCCCCC/C=C\CCCCCCCC(=O)OCCCCCCCCCCCCCC/C=C\CCCCCCCCCCCCCCC(=O)NC(CO)C(O)CCCCCCCCCCCCCCCCCCC. The van der Waals surface area contributed by atoms with Crippen molar-refractivity contribution >= 4 is 11.9 Å². The maximum atomic E-state index is 12.5. The number of ether oxygens (including phenoxy) is 1. The Morgan fingerprint density at radius 2 is 0.603 bits per heavy atom. The number of aliphatic hydroxyl groups is 2. The van der Waals surface area contributed by atoms with Gasteiger partial charge in [-0.2, -0.15) is 0 Å². The van der Waals surface area contributed by atoms with Crippen LogP contribution in [0.5, 0.6) is 0 Å². The van der Waals surface area contributed by atoms with Gasteiger partial charge in [-0.15, -0.1) is 0 Å². The Hall–Kier alpha value is -1.66. The van der Waals surface area contributed by atoms with E-state index in [2.05, 4.69) is 43.5 Å². The van der Waals surface area contributed by atoms with Crippen LogP contribution in [0.1, 0.15) is 399 Å². The van der Waals surface area contributed by atoms with Gasteiger partial charge in [-0.3, -0.25) is 9.59 Å². The first-order chi connectivity index (χ1) is 38.5. The van der Waals surface area contributed by atoms with E-state index in [4.69, 9.17) is 4.74 Å². The topological polar surface area (TPSA) is 95.9 Å². The van der Waals surface area contributed by atoms with Crippen LogP contribution in [0.15, 0.2) is 24.3 Å². The van der Waals surface area contributed by atoms with E-state index in [-0.39, 0.29) is 18.5 Å². The molecular formula is C72H139NO5. The summed E-state index contributed by atoms with van der Waals surface area (Å²) in [6.07, 6.45) is 85.1. The highest BCUT2D eigenvalue weighted by atomic mass is 16.5. The summed E-state index contributed by atoms with van der Waals surface area (Å²) in [6, 6.07) is -0.542. The van der Waals surface area contributed by atoms with Crippen molar-refractivity contribution in [2.24, 2.45) is 0 Å². The molecule has 0 radical (unpaired) electrons. The first-order valence-electron chi connectivity index (χ1n) is 35.6. The summed E-state index contributed by atoms with van der Waals surface area (Å²) < 4.78 is 5.49. The maximum absolute atomic E-state index is 12.5. The second kappa shape index (κ2) is 67.8. The van der Waals surface area contributed by atoms with E-state index in [0.29, 0.717) is 25.9 Å². The van der Waals surface area contributed by atoms with E-state index in [1.807, 2.05) is 0 Å².